The van der Waals surface area contributed by atoms with Gasteiger partial charge in [0.05, 0.1) is 24.3 Å². The van der Waals surface area contributed by atoms with Crippen molar-refractivity contribution in [2.45, 2.75) is 12.8 Å². The fraction of sp³-hybridized carbons (Fsp3) is 0.143. The van der Waals surface area contributed by atoms with Crippen molar-refractivity contribution in [1.82, 2.24) is 10.2 Å². The summed E-state index contributed by atoms with van der Waals surface area (Å²) >= 11 is 0. The molecule has 1 aliphatic heterocycles. The molecular formula is C21H18N4O2. The highest BCUT2D eigenvalue weighted by Crippen LogP contribution is 2.45. The number of rotatable bonds is 3. The number of H-pyrrole nitrogens is 1. The Morgan fingerprint density at radius 2 is 1.85 bits per heavy atom. The minimum atomic E-state index is -0.352. The number of nitrogens with zero attached hydrogens (tertiary/aromatic N) is 2. The third-order valence-corrected chi connectivity index (χ3v) is 4.73. The first-order valence-corrected chi connectivity index (χ1v) is 8.49. The van der Waals surface area contributed by atoms with E-state index in [1.54, 1.807) is 7.11 Å². The first-order chi connectivity index (χ1) is 13.1. The van der Waals surface area contributed by atoms with Gasteiger partial charge in [0.1, 0.15) is 17.4 Å². The van der Waals surface area contributed by atoms with E-state index in [0.29, 0.717) is 11.5 Å². The Hall–Kier alpha value is -3.72. The molecule has 2 aromatic carbocycles. The Kier molecular flexibility index (Phi) is 4.05. The number of allylic oxidation sites excluding steroid dienone is 1. The smallest absolute Gasteiger partial charge is 0.244 e. The number of aryl methyl sites for hydroxylation is 1. The largest absolute Gasteiger partial charge is 0.497 e. The molecule has 0 unspecified atom stereocenters. The maximum absolute atomic E-state index is 9.73. The molecule has 0 bridgehead atoms. The minimum Gasteiger partial charge on any atom is -0.497 e. The van der Waals surface area contributed by atoms with Gasteiger partial charge in [0.25, 0.3) is 0 Å². The van der Waals surface area contributed by atoms with Gasteiger partial charge >= 0.3 is 0 Å². The van der Waals surface area contributed by atoms with Crippen molar-refractivity contribution >= 4 is 0 Å². The Labute approximate surface area is 156 Å². The second kappa shape index (κ2) is 6.54. The fourth-order valence-corrected chi connectivity index (χ4v) is 3.32. The molecule has 0 saturated carbocycles. The van der Waals surface area contributed by atoms with Crippen LogP contribution in [0.2, 0.25) is 0 Å². The maximum Gasteiger partial charge on any atom is 0.244 e. The molecule has 1 atom stereocenters. The standard InChI is InChI=1S/C21H18N4O2/c1-12-3-5-13(6-4-12)17-16(11-22)20(23)27-21-18(17)19(24-25-21)14-7-9-15(26-2)10-8-14/h3-10,17H,23H2,1-2H3,(H,24,25)/t17-/m1/s1. The third kappa shape index (κ3) is 2.79. The number of hydrogen-bond donors (Lipinski definition) is 2. The molecule has 3 N–H and O–H groups in total. The monoisotopic (exact) mass is 358 g/mol. The topological polar surface area (TPSA) is 97.0 Å². The van der Waals surface area contributed by atoms with Crippen molar-refractivity contribution in [1.29, 1.82) is 5.26 Å². The molecule has 1 aromatic heterocycles. The van der Waals surface area contributed by atoms with Gasteiger partial charge in [-0.25, -0.2) is 0 Å². The third-order valence-electron chi connectivity index (χ3n) is 4.73. The Balaban J connectivity index is 1.90. The van der Waals surface area contributed by atoms with Crippen LogP contribution in [0.1, 0.15) is 22.6 Å². The highest BCUT2D eigenvalue weighted by Gasteiger charge is 2.35. The van der Waals surface area contributed by atoms with E-state index in [0.717, 1.165) is 33.7 Å². The second-order valence-electron chi connectivity index (χ2n) is 6.38. The van der Waals surface area contributed by atoms with Crippen LogP contribution >= 0.6 is 0 Å². The lowest BCUT2D eigenvalue weighted by Gasteiger charge is -2.24. The zero-order chi connectivity index (χ0) is 19.0. The number of benzene rings is 2. The fourth-order valence-electron chi connectivity index (χ4n) is 3.32. The van der Waals surface area contributed by atoms with E-state index in [1.807, 2.05) is 55.5 Å². The predicted molar refractivity (Wildman–Crippen MR) is 101 cm³/mol. The van der Waals surface area contributed by atoms with Crippen molar-refractivity contribution in [2.75, 3.05) is 7.11 Å². The molecule has 4 rings (SSSR count). The van der Waals surface area contributed by atoms with Gasteiger partial charge in [-0.15, -0.1) is 5.10 Å². The molecule has 0 radical (unpaired) electrons. The number of ether oxygens (including phenoxy) is 2. The molecule has 134 valence electrons. The molecule has 0 aliphatic carbocycles. The summed E-state index contributed by atoms with van der Waals surface area (Å²) in [6, 6.07) is 17.9. The zero-order valence-corrected chi connectivity index (χ0v) is 15.0. The molecule has 0 fully saturated rings. The van der Waals surface area contributed by atoms with E-state index >= 15 is 0 Å². The van der Waals surface area contributed by atoms with Gasteiger partial charge in [0, 0.05) is 5.56 Å². The first kappa shape index (κ1) is 16.7. The van der Waals surface area contributed by atoms with E-state index in [9.17, 15) is 5.26 Å². The highest BCUT2D eigenvalue weighted by molar-refractivity contribution is 5.71. The number of fused-ring (bicyclic) bond motifs is 1. The Bertz CT molecular complexity index is 1060. The van der Waals surface area contributed by atoms with Gasteiger partial charge in [-0.05, 0) is 36.8 Å². The van der Waals surface area contributed by atoms with Gasteiger partial charge in [0.2, 0.25) is 11.8 Å². The average Bonchev–Trinajstić information content (AvgIpc) is 3.11. The van der Waals surface area contributed by atoms with E-state index in [4.69, 9.17) is 15.2 Å². The lowest BCUT2D eigenvalue weighted by Crippen LogP contribution is -2.21. The second-order valence-corrected chi connectivity index (χ2v) is 6.38. The number of nitriles is 1. The van der Waals surface area contributed by atoms with Gasteiger partial charge in [0.15, 0.2) is 0 Å². The molecule has 0 amide bonds. The summed E-state index contributed by atoms with van der Waals surface area (Å²) in [6.45, 7) is 2.02. The number of aromatic nitrogens is 2. The van der Waals surface area contributed by atoms with Crippen LogP contribution in [0.5, 0.6) is 11.6 Å². The van der Waals surface area contributed by atoms with Crippen LogP contribution in [0.25, 0.3) is 11.3 Å². The lowest BCUT2D eigenvalue weighted by atomic mass is 9.83. The van der Waals surface area contributed by atoms with Crippen molar-refractivity contribution in [3.63, 3.8) is 0 Å². The molecule has 0 saturated heterocycles. The summed E-state index contributed by atoms with van der Waals surface area (Å²) in [5.74, 6) is 0.891. The normalized spacial score (nSPS) is 15.7. The molecule has 2 heterocycles. The van der Waals surface area contributed by atoms with Crippen LogP contribution in [-0.4, -0.2) is 17.3 Å². The van der Waals surface area contributed by atoms with Crippen molar-refractivity contribution in [3.8, 4) is 29.0 Å². The average molecular weight is 358 g/mol. The number of aromatic amines is 1. The Morgan fingerprint density at radius 3 is 2.48 bits per heavy atom. The van der Waals surface area contributed by atoms with Crippen LogP contribution in [0.15, 0.2) is 60.0 Å². The van der Waals surface area contributed by atoms with Gasteiger partial charge in [-0.1, -0.05) is 29.8 Å². The van der Waals surface area contributed by atoms with Gasteiger partial charge in [-0.2, -0.15) is 5.26 Å². The predicted octanol–water partition coefficient (Wildman–Crippen LogP) is 3.61. The van der Waals surface area contributed by atoms with Crippen molar-refractivity contribution in [3.05, 3.63) is 76.7 Å². The Morgan fingerprint density at radius 1 is 1.15 bits per heavy atom. The van der Waals surface area contributed by atoms with Crippen LogP contribution in [0.3, 0.4) is 0 Å². The zero-order valence-electron chi connectivity index (χ0n) is 15.0. The molecular weight excluding hydrogens is 340 g/mol. The number of nitrogens with one attached hydrogen (secondary N) is 1. The molecule has 0 spiro atoms. The molecule has 27 heavy (non-hydrogen) atoms. The molecule has 6 nitrogen and oxygen atoms in total. The van der Waals surface area contributed by atoms with Gasteiger partial charge < -0.3 is 15.2 Å². The van der Waals surface area contributed by atoms with E-state index < -0.39 is 0 Å². The summed E-state index contributed by atoms with van der Waals surface area (Å²) in [7, 11) is 1.63. The van der Waals surface area contributed by atoms with Crippen LogP contribution in [0.4, 0.5) is 0 Å². The summed E-state index contributed by atoms with van der Waals surface area (Å²) in [6.07, 6.45) is 0. The van der Waals surface area contributed by atoms with Gasteiger partial charge in [-0.3, -0.25) is 5.10 Å². The quantitative estimate of drug-likeness (QED) is 0.745. The van der Waals surface area contributed by atoms with Crippen LogP contribution in [-0.2, 0) is 0 Å². The number of nitrogens with two attached hydrogens (primary N) is 1. The highest BCUT2D eigenvalue weighted by atomic mass is 16.5. The first-order valence-electron chi connectivity index (χ1n) is 8.49. The van der Waals surface area contributed by atoms with Crippen molar-refractivity contribution in [2.24, 2.45) is 5.73 Å². The summed E-state index contributed by atoms with van der Waals surface area (Å²) < 4.78 is 10.9. The molecule has 3 aromatic rings. The number of methoxy groups -OCH3 is 1. The summed E-state index contributed by atoms with van der Waals surface area (Å²) in [5, 5.41) is 17.1. The molecule has 6 heteroatoms. The lowest BCUT2D eigenvalue weighted by molar-refractivity contribution is 0.379. The maximum atomic E-state index is 9.73. The minimum absolute atomic E-state index is 0.0864. The van der Waals surface area contributed by atoms with E-state index in [2.05, 4.69) is 16.3 Å². The van der Waals surface area contributed by atoms with Crippen LogP contribution in [0, 0.1) is 18.3 Å². The summed E-state index contributed by atoms with van der Waals surface area (Å²) in [4.78, 5) is 0. The van der Waals surface area contributed by atoms with Crippen LogP contribution < -0.4 is 15.2 Å². The van der Waals surface area contributed by atoms with E-state index in [1.165, 1.54) is 0 Å². The number of hydrogen-bond acceptors (Lipinski definition) is 5. The molecule has 1 aliphatic rings. The van der Waals surface area contributed by atoms with E-state index in [-0.39, 0.29) is 11.8 Å². The van der Waals surface area contributed by atoms with Crippen molar-refractivity contribution < 1.29 is 9.47 Å². The summed E-state index contributed by atoms with van der Waals surface area (Å²) in [5.41, 5.74) is 11.0. The SMILES string of the molecule is COc1ccc(-c2[nH]nc3c2[C@H](c2ccc(C)cc2)C(C#N)=C(N)O3)cc1.